The van der Waals surface area contributed by atoms with Crippen LogP contribution in [0.3, 0.4) is 0 Å². The van der Waals surface area contributed by atoms with E-state index in [2.05, 4.69) is 10.3 Å². The van der Waals surface area contributed by atoms with Crippen molar-refractivity contribution in [2.24, 2.45) is 0 Å². The third-order valence-electron chi connectivity index (χ3n) is 2.72. The van der Waals surface area contributed by atoms with Gasteiger partial charge in [-0.2, -0.15) is 5.26 Å². The molecule has 7 nitrogen and oxygen atoms in total. The predicted octanol–water partition coefficient (Wildman–Crippen LogP) is 2.48. The van der Waals surface area contributed by atoms with E-state index < -0.39 is 4.92 Å². The highest BCUT2D eigenvalue weighted by atomic mass is 16.6. The summed E-state index contributed by atoms with van der Waals surface area (Å²) in [7, 11) is 1.75. The summed E-state index contributed by atoms with van der Waals surface area (Å²) in [4.78, 5) is 14.7. The molecule has 0 spiro atoms. The minimum absolute atomic E-state index is 0.0995. The van der Waals surface area contributed by atoms with Crippen molar-refractivity contribution in [2.75, 3.05) is 12.4 Å². The van der Waals surface area contributed by atoms with Gasteiger partial charge in [-0.3, -0.25) is 10.1 Å². The fraction of sp³-hybridized carbons (Fsp3) is 0.143. The molecular weight excluding hydrogens is 272 g/mol. The van der Waals surface area contributed by atoms with Crippen molar-refractivity contribution < 1.29 is 9.66 Å². The molecule has 0 saturated carbocycles. The van der Waals surface area contributed by atoms with E-state index in [0.29, 0.717) is 11.5 Å². The van der Waals surface area contributed by atoms with Gasteiger partial charge in [0.25, 0.3) is 0 Å². The van der Waals surface area contributed by atoms with Crippen molar-refractivity contribution in [1.29, 1.82) is 5.26 Å². The average molecular weight is 284 g/mol. The Morgan fingerprint density at radius 3 is 2.90 bits per heavy atom. The Morgan fingerprint density at radius 1 is 1.43 bits per heavy atom. The van der Waals surface area contributed by atoms with E-state index in [9.17, 15) is 10.1 Å². The molecule has 0 aliphatic carbocycles. The second-order valence-electron chi connectivity index (χ2n) is 4.10. The van der Waals surface area contributed by atoms with Crippen LogP contribution in [-0.2, 0) is 6.61 Å². The van der Waals surface area contributed by atoms with Crippen LogP contribution in [0.15, 0.2) is 36.4 Å². The maximum atomic E-state index is 11.0. The summed E-state index contributed by atoms with van der Waals surface area (Å²) in [6.45, 7) is 0.0995. The summed E-state index contributed by atoms with van der Waals surface area (Å²) in [5.74, 6) is 0.793. The highest BCUT2D eigenvalue weighted by Gasteiger charge is 2.16. The number of hydrogen-bond donors (Lipinski definition) is 1. The fourth-order valence-corrected chi connectivity index (χ4v) is 1.70. The molecule has 0 atom stereocenters. The number of anilines is 1. The van der Waals surface area contributed by atoms with Crippen LogP contribution in [0.1, 0.15) is 11.3 Å². The molecule has 1 N–H and O–H groups in total. The second-order valence-corrected chi connectivity index (χ2v) is 4.10. The summed E-state index contributed by atoms with van der Waals surface area (Å²) < 4.78 is 5.44. The summed E-state index contributed by atoms with van der Waals surface area (Å²) in [5.41, 5.74) is 0.615. The van der Waals surface area contributed by atoms with Gasteiger partial charge in [0, 0.05) is 13.1 Å². The van der Waals surface area contributed by atoms with Gasteiger partial charge in [-0.15, -0.1) is 0 Å². The molecule has 106 valence electrons. The van der Waals surface area contributed by atoms with E-state index in [4.69, 9.17) is 10.00 Å². The number of nitro benzene ring substituents is 1. The van der Waals surface area contributed by atoms with Crippen molar-refractivity contribution in [3.8, 4) is 11.8 Å². The van der Waals surface area contributed by atoms with Crippen molar-refractivity contribution in [1.82, 2.24) is 4.98 Å². The normalized spacial score (nSPS) is 9.71. The van der Waals surface area contributed by atoms with Gasteiger partial charge in [0.05, 0.1) is 22.2 Å². The van der Waals surface area contributed by atoms with Gasteiger partial charge in [0.1, 0.15) is 12.4 Å². The van der Waals surface area contributed by atoms with E-state index in [1.807, 2.05) is 12.1 Å². The van der Waals surface area contributed by atoms with Crippen molar-refractivity contribution in [3.05, 3.63) is 57.8 Å². The van der Waals surface area contributed by atoms with Crippen molar-refractivity contribution in [2.45, 2.75) is 6.61 Å². The van der Waals surface area contributed by atoms with Crippen molar-refractivity contribution in [3.63, 3.8) is 0 Å². The zero-order valence-corrected chi connectivity index (χ0v) is 11.2. The van der Waals surface area contributed by atoms with Gasteiger partial charge >= 0.3 is 5.69 Å². The quantitative estimate of drug-likeness (QED) is 0.668. The molecule has 0 radical (unpaired) electrons. The number of rotatable bonds is 5. The molecule has 1 aromatic heterocycles. The molecule has 0 saturated heterocycles. The molecule has 0 aliphatic heterocycles. The van der Waals surface area contributed by atoms with Crippen LogP contribution in [0.25, 0.3) is 0 Å². The number of hydrogen-bond acceptors (Lipinski definition) is 6. The third kappa shape index (κ3) is 3.45. The molecule has 2 aromatic rings. The second kappa shape index (κ2) is 6.34. The van der Waals surface area contributed by atoms with Crippen molar-refractivity contribution >= 4 is 11.5 Å². The number of pyridine rings is 1. The Kier molecular flexibility index (Phi) is 4.31. The Bertz CT molecular complexity index is 710. The van der Waals surface area contributed by atoms with Crippen LogP contribution >= 0.6 is 0 Å². The van der Waals surface area contributed by atoms with E-state index in [-0.39, 0.29) is 23.6 Å². The molecular formula is C14H12N4O3. The maximum absolute atomic E-state index is 11.0. The lowest BCUT2D eigenvalue weighted by Gasteiger charge is -2.07. The summed E-state index contributed by atoms with van der Waals surface area (Å²) >= 11 is 0. The lowest BCUT2D eigenvalue weighted by molar-refractivity contribution is -0.386. The summed E-state index contributed by atoms with van der Waals surface area (Å²) in [6, 6.07) is 11.3. The Labute approximate surface area is 121 Å². The number of ether oxygens (including phenoxy) is 1. The summed E-state index contributed by atoms with van der Waals surface area (Å²) in [5, 5.41) is 22.7. The lowest BCUT2D eigenvalue weighted by atomic mass is 10.2. The van der Waals surface area contributed by atoms with Crippen LogP contribution in [0.4, 0.5) is 11.5 Å². The van der Waals surface area contributed by atoms with Gasteiger partial charge in [-0.05, 0) is 24.3 Å². The number of aromatic nitrogens is 1. The van der Waals surface area contributed by atoms with Crippen LogP contribution in [0, 0.1) is 21.4 Å². The number of nitriles is 1. The molecule has 2 rings (SSSR count). The zero-order chi connectivity index (χ0) is 15.2. The first-order valence-corrected chi connectivity index (χ1v) is 6.09. The van der Waals surface area contributed by atoms with Gasteiger partial charge < -0.3 is 10.1 Å². The van der Waals surface area contributed by atoms with E-state index >= 15 is 0 Å². The van der Waals surface area contributed by atoms with Gasteiger partial charge in [-0.25, -0.2) is 4.98 Å². The van der Waals surface area contributed by atoms with Gasteiger partial charge in [-0.1, -0.05) is 6.07 Å². The molecule has 21 heavy (non-hydrogen) atoms. The average Bonchev–Trinajstić information content (AvgIpc) is 2.52. The van der Waals surface area contributed by atoms with Crippen LogP contribution in [0.5, 0.6) is 5.75 Å². The zero-order valence-electron chi connectivity index (χ0n) is 11.2. The van der Waals surface area contributed by atoms with Crippen LogP contribution in [0.2, 0.25) is 0 Å². The molecule has 7 heteroatoms. The Balaban J connectivity index is 2.19. The lowest BCUT2D eigenvalue weighted by Crippen LogP contribution is -2.02. The standard InChI is InChI=1S/C14H12N4O3/c1-16-14-4-2-3-11(17-14)9-21-13-6-5-10(8-15)7-12(13)18(19)20/h2-7H,9H2,1H3,(H,16,17). The predicted molar refractivity (Wildman–Crippen MR) is 75.9 cm³/mol. The molecule has 0 aliphatic rings. The van der Waals surface area contributed by atoms with Gasteiger partial charge in [0.2, 0.25) is 0 Å². The summed E-state index contributed by atoms with van der Waals surface area (Å²) in [6.07, 6.45) is 0. The number of nitrogens with zero attached hydrogens (tertiary/aromatic N) is 3. The smallest absolute Gasteiger partial charge is 0.312 e. The highest BCUT2D eigenvalue weighted by Crippen LogP contribution is 2.28. The van der Waals surface area contributed by atoms with E-state index in [1.54, 1.807) is 19.2 Å². The third-order valence-corrected chi connectivity index (χ3v) is 2.72. The monoisotopic (exact) mass is 284 g/mol. The first-order valence-electron chi connectivity index (χ1n) is 6.09. The van der Waals surface area contributed by atoms with E-state index in [1.165, 1.54) is 18.2 Å². The Morgan fingerprint density at radius 2 is 2.24 bits per heavy atom. The van der Waals surface area contributed by atoms with Crippen LogP contribution < -0.4 is 10.1 Å². The first-order chi connectivity index (χ1) is 10.1. The SMILES string of the molecule is CNc1cccc(COc2ccc(C#N)cc2[N+](=O)[O-])n1. The largest absolute Gasteiger partial charge is 0.480 e. The molecule has 1 aromatic carbocycles. The molecule has 0 bridgehead atoms. The number of benzene rings is 1. The highest BCUT2D eigenvalue weighted by molar-refractivity contribution is 5.51. The molecule has 0 unspecified atom stereocenters. The topological polar surface area (TPSA) is 101 Å². The Hall–Kier alpha value is -3.14. The number of nitro groups is 1. The first kappa shape index (κ1) is 14.3. The maximum Gasteiger partial charge on any atom is 0.312 e. The van der Waals surface area contributed by atoms with Gasteiger partial charge in [0.15, 0.2) is 5.75 Å². The molecule has 1 heterocycles. The minimum Gasteiger partial charge on any atom is -0.480 e. The fourth-order valence-electron chi connectivity index (χ4n) is 1.70. The minimum atomic E-state index is -0.576. The molecule has 0 fully saturated rings. The van der Waals surface area contributed by atoms with Crippen LogP contribution in [-0.4, -0.2) is 17.0 Å². The number of nitrogens with one attached hydrogen (secondary N) is 1. The molecule has 0 amide bonds. The van der Waals surface area contributed by atoms with E-state index in [0.717, 1.165) is 0 Å².